The van der Waals surface area contributed by atoms with E-state index in [0.717, 1.165) is 12.1 Å². The van der Waals surface area contributed by atoms with Gasteiger partial charge in [0.1, 0.15) is 17.4 Å². The van der Waals surface area contributed by atoms with Crippen LogP contribution < -0.4 is 4.74 Å². The fourth-order valence-corrected chi connectivity index (χ4v) is 1.89. The lowest BCUT2D eigenvalue weighted by atomic mass is 10.0. The van der Waals surface area contributed by atoms with E-state index in [1.807, 2.05) is 12.1 Å². The summed E-state index contributed by atoms with van der Waals surface area (Å²) in [6.45, 7) is 3.87. The van der Waals surface area contributed by atoms with E-state index in [9.17, 15) is 13.6 Å². The molecule has 0 aliphatic heterocycles. The zero-order valence-electron chi connectivity index (χ0n) is 11.9. The molecule has 0 atom stereocenters. The van der Waals surface area contributed by atoms with E-state index >= 15 is 0 Å². The molecule has 0 radical (unpaired) electrons. The zero-order chi connectivity index (χ0) is 15.4. The van der Waals surface area contributed by atoms with Crippen molar-refractivity contribution in [2.24, 2.45) is 0 Å². The van der Waals surface area contributed by atoms with Crippen LogP contribution in [0.5, 0.6) is 5.75 Å². The predicted molar refractivity (Wildman–Crippen MR) is 76.7 cm³/mol. The Morgan fingerprint density at radius 3 is 2.33 bits per heavy atom. The van der Waals surface area contributed by atoms with Crippen LogP contribution in [0.1, 0.15) is 35.7 Å². The van der Waals surface area contributed by atoms with Crippen LogP contribution in [-0.2, 0) is 0 Å². The van der Waals surface area contributed by atoms with Gasteiger partial charge in [0.25, 0.3) is 0 Å². The van der Waals surface area contributed by atoms with Crippen molar-refractivity contribution in [3.8, 4) is 5.75 Å². The van der Waals surface area contributed by atoms with Crippen molar-refractivity contribution >= 4 is 5.78 Å². The molecule has 0 saturated heterocycles. The largest absolute Gasteiger partial charge is 0.485 e. The van der Waals surface area contributed by atoms with Crippen molar-refractivity contribution in [3.63, 3.8) is 0 Å². The summed E-state index contributed by atoms with van der Waals surface area (Å²) in [6, 6.07) is 10.2. The van der Waals surface area contributed by atoms with Crippen molar-refractivity contribution < 1.29 is 18.3 Å². The van der Waals surface area contributed by atoms with E-state index in [1.165, 1.54) is 5.56 Å². The van der Waals surface area contributed by atoms with E-state index in [-0.39, 0.29) is 12.2 Å². The minimum Gasteiger partial charge on any atom is -0.485 e. The summed E-state index contributed by atoms with van der Waals surface area (Å²) < 4.78 is 31.6. The monoisotopic (exact) mass is 290 g/mol. The van der Waals surface area contributed by atoms with Gasteiger partial charge < -0.3 is 4.74 Å². The lowest BCUT2D eigenvalue weighted by Crippen LogP contribution is -2.13. The molecule has 0 saturated carbocycles. The SMILES string of the molecule is CC(C)c1ccc(OCC(=O)c2ccc(F)cc2F)cc1. The summed E-state index contributed by atoms with van der Waals surface area (Å²) in [5.74, 6) is -1.17. The first-order valence-corrected chi connectivity index (χ1v) is 6.68. The van der Waals surface area contributed by atoms with Crippen LogP contribution in [0.15, 0.2) is 42.5 Å². The second kappa shape index (κ2) is 6.48. The third kappa shape index (κ3) is 3.88. The van der Waals surface area contributed by atoms with Crippen molar-refractivity contribution in [1.29, 1.82) is 0 Å². The molecule has 0 aliphatic rings. The molecule has 0 spiro atoms. The molecule has 0 N–H and O–H groups in total. The highest BCUT2D eigenvalue weighted by atomic mass is 19.1. The number of ether oxygens (including phenoxy) is 1. The number of carbonyl (C=O) groups excluding carboxylic acids is 1. The Labute approximate surface area is 122 Å². The predicted octanol–water partition coefficient (Wildman–Crippen LogP) is 4.35. The number of rotatable bonds is 5. The van der Waals surface area contributed by atoms with Gasteiger partial charge in [0, 0.05) is 6.07 Å². The molecular formula is C17H16F2O2. The maximum atomic E-state index is 13.5. The van der Waals surface area contributed by atoms with Crippen molar-refractivity contribution in [2.75, 3.05) is 6.61 Å². The average Bonchev–Trinajstić information content (AvgIpc) is 2.45. The van der Waals surface area contributed by atoms with Crippen LogP contribution in [0.3, 0.4) is 0 Å². The second-order valence-corrected chi connectivity index (χ2v) is 5.06. The number of carbonyl (C=O) groups is 1. The topological polar surface area (TPSA) is 26.3 Å². The highest BCUT2D eigenvalue weighted by Crippen LogP contribution is 2.19. The highest BCUT2D eigenvalue weighted by Gasteiger charge is 2.13. The van der Waals surface area contributed by atoms with E-state index in [0.29, 0.717) is 17.7 Å². The summed E-state index contributed by atoms with van der Waals surface area (Å²) >= 11 is 0. The highest BCUT2D eigenvalue weighted by molar-refractivity contribution is 5.97. The van der Waals surface area contributed by atoms with Gasteiger partial charge in [-0.25, -0.2) is 8.78 Å². The van der Waals surface area contributed by atoms with Gasteiger partial charge in [0.05, 0.1) is 5.56 Å². The number of hydrogen-bond acceptors (Lipinski definition) is 2. The Morgan fingerprint density at radius 1 is 1.10 bits per heavy atom. The molecule has 0 aliphatic carbocycles. The van der Waals surface area contributed by atoms with Gasteiger partial charge in [0.2, 0.25) is 5.78 Å². The lowest BCUT2D eigenvalue weighted by Gasteiger charge is -2.09. The standard InChI is InChI=1S/C17H16F2O2/c1-11(2)12-3-6-14(7-4-12)21-10-17(20)15-8-5-13(18)9-16(15)19/h3-9,11H,10H2,1-2H3. The molecule has 2 nitrogen and oxygen atoms in total. The van der Waals surface area contributed by atoms with E-state index in [2.05, 4.69) is 13.8 Å². The molecule has 0 fully saturated rings. The molecule has 0 unspecified atom stereocenters. The summed E-state index contributed by atoms with van der Waals surface area (Å²) in [4.78, 5) is 11.8. The first kappa shape index (κ1) is 15.2. The molecule has 4 heteroatoms. The minimum absolute atomic E-state index is 0.171. The molecule has 0 amide bonds. The first-order valence-electron chi connectivity index (χ1n) is 6.68. The fourth-order valence-electron chi connectivity index (χ4n) is 1.89. The van der Waals surface area contributed by atoms with Crippen LogP contribution in [-0.4, -0.2) is 12.4 Å². The number of ketones is 1. The van der Waals surface area contributed by atoms with Crippen LogP contribution >= 0.6 is 0 Å². The van der Waals surface area contributed by atoms with Gasteiger partial charge in [0.15, 0.2) is 6.61 Å². The van der Waals surface area contributed by atoms with E-state index in [4.69, 9.17) is 4.74 Å². The number of benzene rings is 2. The van der Waals surface area contributed by atoms with Crippen molar-refractivity contribution in [3.05, 3.63) is 65.2 Å². The van der Waals surface area contributed by atoms with Crippen LogP contribution in [0.2, 0.25) is 0 Å². The van der Waals surface area contributed by atoms with Crippen molar-refractivity contribution in [1.82, 2.24) is 0 Å². The third-order valence-electron chi connectivity index (χ3n) is 3.15. The third-order valence-corrected chi connectivity index (χ3v) is 3.15. The molecule has 0 heterocycles. The number of halogens is 2. The van der Waals surface area contributed by atoms with E-state index < -0.39 is 17.4 Å². The Kier molecular flexibility index (Phi) is 4.68. The summed E-state index contributed by atoms with van der Waals surface area (Å²) in [7, 11) is 0. The van der Waals surface area contributed by atoms with E-state index in [1.54, 1.807) is 12.1 Å². The van der Waals surface area contributed by atoms with Crippen LogP contribution in [0.4, 0.5) is 8.78 Å². The summed E-state index contributed by atoms with van der Waals surface area (Å²) in [5.41, 5.74) is 0.994. The minimum atomic E-state index is -0.876. The Bertz CT molecular complexity index is 634. The fraction of sp³-hybridized carbons (Fsp3) is 0.235. The lowest BCUT2D eigenvalue weighted by molar-refractivity contribution is 0.0917. The maximum Gasteiger partial charge on any atom is 0.203 e. The quantitative estimate of drug-likeness (QED) is 0.765. The molecule has 0 aromatic heterocycles. The maximum absolute atomic E-state index is 13.5. The number of Topliss-reactive ketones (excluding diaryl/α,β-unsaturated/α-hetero) is 1. The summed E-state index contributed by atoms with van der Waals surface area (Å²) in [6.07, 6.45) is 0. The molecule has 0 bridgehead atoms. The van der Waals surface area contributed by atoms with Gasteiger partial charge >= 0.3 is 0 Å². The number of hydrogen-bond donors (Lipinski definition) is 0. The Hall–Kier alpha value is -2.23. The van der Waals surface area contributed by atoms with Gasteiger partial charge in [-0.2, -0.15) is 0 Å². The van der Waals surface area contributed by atoms with Crippen molar-refractivity contribution in [2.45, 2.75) is 19.8 Å². The molecule has 2 rings (SSSR count). The normalized spacial score (nSPS) is 10.7. The van der Waals surface area contributed by atoms with Gasteiger partial charge in [-0.1, -0.05) is 26.0 Å². The van der Waals surface area contributed by atoms with Crippen LogP contribution in [0, 0.1) is 11.6 Å². The van der Waals surface area contributed by atoms with Gasteiger partial charge in [-0.05, 0) is 35.7 Å². The Morgan fingerprint density at radius 2 is 1.76 bits per heavy atom. The Balaban J connectivity index is 2.00. The first-order chi connectivity index (χ1) is 9.97. The second-order valence-electron chi connectivity index (χ2n) is 5.06. The molecule has 110 valence electrons. The molecule has 21 heavy (non-hydrogen) atoms. The van der Waals surface area contributed by atoms with Gasteiger partial charge in [-0.3, -0.25) is 4.79 Å². The van der Waals surface area contributed by atoms with Gasteiger partial charge in [-0.15, -0.1) is 0 Å². The molecular weight excluding hydrogens is 274 g/mol. The smallest absolute Gasteiger partial charge is 0.203 e. The van der Waals surface area contributed by atoms with Crippen LogP contribution in [0.25, 0.3) is 0 Å². The molecule has 2 aromatic carbocycles. The molecule has 2 aromatic rings. The zero-order valence-corrected chi connectivity index (χ0v) is 11.9. The summed E-state index contributed by atoms with van der Waals surface area (Å²) in [5, 5.41) is 0. The average molecular weight is 290 g/mol.